The molecule has 1 fully saturated rings. The highest BCUT2D eigenvalue weighted by Gasteiger charge is 2.17. The van der Waals surface area contributed by atoms with E-state index in [1.54, 1.807) is 6.33 Å². The number of hydrogen-bond acceptors (Lipinski definition) is 5. The van der Waals surface area contributed by atoms with Crippen LogP contribution in [0.2, 0.25) is 0 Å². The third kappa shape index (κ3) is 2.51. The van der Waals surface area contributed by atoms with Gasteiger partial charge in [0.15, 0.2) is 5.65 Å². The number of fused-ring (bicyclic) bond motifs is 1. The monoisotopic (exact) mass is 316 g/mol. The van der Waals surface area contributed by atoms with E-state index in [-0.39, 0.29) is 12.4 Å². The van der Waals surface area contributed by atoms with E-state index >= 15 is 0 Å². The van der Waals surface area contributed by atoms with Crippen molar-refractivity contribution in [2.45, 2.75) is 0 Å². The molecule has 0 amide bonds. The number of para-hydroxylation sites is 1. The van der Waals surface area contributed by atoms with Crippen LogP contribution < -0.4 is 10.2 Å². The normalized spacial score (nSPS) is 14.8. The zero-order valence-corrected chi connectivity index (χ0v) is 12.8. The second kappa shape index (κ2) is 6.29. The van der Waals surface area contributed by atoms with Crippen LogP contribution in [-0.2, 0) is 0 Å². The fourth-order valence-corrected chi connectivity index (χ4v) is 2.72. The van der Waals surface area contributed by atoms with Gasteiger partial charge in [-0.25, -0.2) is 14.6 Å². The molecule has 4 rings (SSSR count). The Balaban J connectivity index is 0.00000144. The summed E-state index contributed by atoms with van der Waals surface area (Å²) in [6.07, 6.45) is 3.49. The molecule has 0 bridgehead atoms. The first-order valence-electron chi connectivity index (χ1n) is 7.13. The van der Waals surface area contributed by atoms with Crippen molar-refractivity contribution < 1.29 is 0 Å². The highest BCUT2D eigenvalue weighted by Crippen LogP contribution is 2.24. The standard InChI is InChI=1S/C15H16N6.ClH/c1-2-4-12(5-3-1)21-15-13(10-19-21)14(17-11-18-15)20-8-6-16-7-9-20;/h1-5,10-11,16H,6-9H2;1H. The molecule has 0 saturated carbocycles. The maximum atomic E-state index is 4.49. The summed E-state index contributed by atoms with van der Waals surface area (Å²) < 4.78 is 1.86. The van der Waals surface area contributed by atoms with Gasteiger partial charge in [0.05, 0.1) is 17.3 Å². The number of rotatable bonds is 2. The minimum atomic E-state index is 0. The molecule has 114 valence electrons. The molecule has 1 aromatic carbocycles. The predicted octanol–water partition coefficient (Wildman–Crippen LogP) is 1.65. The first-order chi connectivity index (χ1) is 10.4. The molecule has 6 nitrogen and oxygen atoms in total. The van der Waals surface area contributed by atoms with Crippen molar-refractivity contribution in [1.29, 1.82) is 0 Å². The molecule has 0 aliphatic carbocycles. The lowest BCUT2D eigenvalue weighted by molar-refractivity contribution is 0.586. The molecule has 2 aromatic heterocycles. The summed E-state index contributed by atoms with van der Waals surface area (Å²) >= 11 is 0. The molecular weight excluding hydrogens is 300 g/mol. The molecule has 1 aliphatic rings. The zero-order chi connectivity index (χ0) is 14.1. The number of halogens is 1. The van der Waals surface area contributed by atoms with Crippen LogP contribution in [0.1, 0.15) is 0 Å². The summed E-state index contributed by atoms with van der Waals surface area (Å²) in [6, 6.07) is 10.1. The summed E-state index contributed by atoms with van der Waals surface area (Å²) in [7, 11) is 0. The average Bonchev–Trinajstić information content (AvgIpc) is 3.00. The fourth-order valence-electron chi connectivity index (χ4n) is 2.72. The van der Waals surface area contributed by atoms with Gasteiger partial charge in [0.1, 0.15) is 12.1 Å². The summed E-state index contributed by atoms with van der Waals surface area (Å²) in [4.78, 5) is 11.2. The van der Waals surface area contributed by atoms with E-state index < -0.39 is 0 Å². The molecular formula is C15H17ClN6. The zero-order valence-electron chi connectivity index (χ0n) is 12.0. The van der Waals surface area contributed by atoms with Gasteiger partial charge in [-0.1, -0.05) is 18.2 Å². The van der Waals surface area contributed by atoms with Gasteiger partial charge in [0.2, 0.25) is 0 Å². The van der Waals surface area contributed by atoms with Crippen LogP contribution in [0.15, 0.2) is 42.9 Å². The Morgan fingerprint density at radius 1 is 1.00 bits per heavy atom. The molecule has 0 radical (unpaired) electrons. The number of aromatic nitrogens is 4. The van der Waals surface area contributed by atoms with Gasteiger partial charge in [-0.3, -0.25) is 0 Å². The van der Waals surface area contributed by atoms with Crippen molar-refractivity contribution in [3.63, 3.8) is 0 Å². The van der Waals surface area contributed by atoms with Gasteiger partial charge >= 0.3 is 0 Å². The molecule has 0 spiro atoms. The van der Waals surface area contributed by atoms with Crippen molar-refractivity contribution in [2.24, 2.45) is 0 Å². The molecule has 0 atom stereocenters. The number of nitrogens with one attached hydrogen (secondary N) is 1. The maximum absolute atomic E-state index is 4.49. The Labute approximate surface area is 134 Å². The minimum absolute atomic E-state index is 0. The maximum Gasteiger partial charge on any atom is 0.168 e. The summed E-state index contributed by atoms with van der Waals surface area (Å²) in [5, 5.41) is 8.85. The highest BCUT2D eigenvalue weighted by atomic mass is 35.5. The van der Waals surface area contributed by atoms with Crippen molar-refractivity contribution in [2.75, 3.05) is 31.1 Å². The number of hydrogen-bond donors (Lipinski definition) is 1. The molecule has 7 heteroatoms. The van der Waals surface area contributed by atoms with E-state index in [1.165, 1.54) is 0 Å². The van der Waals surface area contributed by atoms with Gasteiger partial charge in [-0.2, -0.15) is 5.10 Å². The van der Waals surface area contributed by atoms with E-state index in [0.717, 1.165) is 48.7 Å². The van der Waals surface area contributed by atoms with E-state index in [9.17, 15) is 0 Å². The van der Waals surface area contributed by atoms with Gasteiger partial charge in [0.25, 0.3) is 0 Å². The summed E-state index contributed by atoms with van der Waals surface area (Å²) in [5.74, 6) is 0.976. The first-order valence-corrected chi connectivity index (χ1v) is 7.13. The third-order valence-electron chi connectivity index (χ3n) is 3.76. The Hall–Kier alpha value is -2.18. The van der Waals surface area contributed by atoms with E-state index in [2.05, 4.69) is 25.3 Å². The van der Waals surface area contributed by atoms with Crippen molar-refractivity contribution >= 4 is 29.3 Å². The van der Waals surface area contributed by atoms with Gasteiger partial charge in [-0.05, 0) is 12.1 Å². The lowest BCUT2D eigenvalue weighted by Gasteiger charge is -2.28. The Morgan fingerprint density at radius 3 is 2.55 bits per heavy atom. The molecule has 1 N–H and O–H groups in total. The topological polar surface area (TPSA) is 58.9 Å². The van der Waals surface area contributed by atoms with E-state index in [1.807, 2.05) is 41.2 Å². The van der Waals surface area contributed by atoms with Gasteiger partial charge in [-0.15, -0.1) is 12.4 Å². The summed E-state index contributed by atoms with van der Waals surface area (Å²) in [6.45, 7) is 3.89. The van der Waals surface area contributed by atoms with Crippen LogP contribution in [0.3, 0.4) is 0 Å². The largest absolute Gasteiger partial charge is 0.353 e. The lowest BCUT2D eigenvalue weighted by Crippen LogP contribution is -2.44. The Morgan fingerprint density at radius 2 is 1.77 bits per heavy atom. The molecule has 3 heterocycles. The highest BCUT2D eigenvalue weighted by molar-refractivity contribution is 5.87. The molecule has 1 saturated heterocycles. The molecule has 22 heavy (non-hydrogen) atoms. The quantitative estimate of drug-likeness (QED) is 0.779. The fraction of sp³-hybridized carbons (Fsp3) is 0.267. The van der Waals surface area contributed by atoms with Gasteiger partial charge < -0.3 is 10.2 Å². The van der Waals surface area contributed by atoms with Crippen molar-refractivity contribution in [1.82, 2.24) is 25.1 Å². The Bertz CT molecular complexity index is 751. The second-order valence-corrected chi connectivity index (χ2v) is 5.06. The number of nitrogens with zero attached hydrogens (tertiary/aromatic N) is 5. The van der Waals surface area contributed by atoms with E-state index in [0.29, 0.717) is 0 Å². The van der Waals surface area contributed by atoms with Crippen LogP contribution >= 0.6 is 12.4 Å². The van der Waals surface area contributed by atoms with E-state index in [4.69, 9.17) is 0 Å². The third-order valence-corrected chi connectivity index (χ3v) is 3.76. The van der Waals surface area contributed by atoms with Crippen LogP contribution in [-0.4, -0.2) is 45.9 Å². The van der Waals surface area contributed by atoms with Crippen molar-refractivity contribution in [3.05, 3.63) is 42.9 Å². The smallest absolute Gasteiger partial charge is 0.168 e. The number of benzene rings is 1. The number of piperazine rings is 1. The molecule has 0 unspecified atom stereocenters. The van der Waals surface area contributed by atoms with Gasteiger partial charge in [0, 0.05) is 26.2 Å². The summed E-state index contributed by atoms with van der Waals surface area (Å²) in [5.41, 5.74) is 1.86. The molecule has 3 aromatic rings. The van der Waals surface area contributed by atoms with Crippen LogP contribution in [0.25, 0.3) is 16.7 Å². The Kier molecular flexibility index (Phi) is 4.22. The minimum Gasteiger partial charge on any atom is -0.353 e. The average molecular weight is 317 g/mol. The first kappa shape index (κ1) is 14.7. The van der Waals surface area contributed by atoms with Crippen molar-refractivity contribution in [3.8, 4) is 5.69 Å². The predicted molar refractivity (Wildman–Crippen MR) is 89.0 cm³/mol. The SMILES string of the molecule is Cl.c1ccc(-n2ncc3c(N4CCNCC4)ncnc32)cc1. The second-order valence-electron chi connectivity index (χ2n) is 5.06. The van der Waals surface area contributed by atoms with Crippen LogP contribution in [0.4, 0.5) is 5.82 Å². The number of anilines is 1. The molecule has 1 aliphatic heterocycles. The lowest BCUT2D eigenvalue weighted by atomic mass is 10.3. The van der Waals surface area contributed by atoms with Crippen LogP contribution in [0, 0.1) is 0 Å². The van der Waals surface area contributed by atoms with Crippen LogP contribution in [0.5, 0.6) is 0 Å².